The Bertz CT molecular complexity index is 98.6. The summed E-state index contributed by atoms with van der Waals surface area (Å²) in [6.45, 7) is 1.72. The van der Waals surface area contributed by atoms with E-state index in [1.54, 1.807) is 6.92 Å². The molecule has 0 radical (unpaired) electrons. The van der Waals surface area contributed by atoms with E-state index in [1.165, 1.54) is 7.11 Å². The lowest BCUT2D eigenvalue weighted by atomic mass is 10.4. The number of carbonyl (C=O) groups excluding carboxylic acids is 1. The van der Waals surface area contributed by atoms with Crippen LogP contribution in [0, 0.1) is 0 Å². The number of carbonyl (C=O) groups is 1. The third kappa shape index (κ3) is 3.40. The quantitative estimate of drug-likeness (QED) is 0.418. The van der Waals surface area contributed by atoms with E-state index in [4.69, 9.17) is 0 Å². The van der Waals surface area contributed by atoms with E-state index >= 15 is 0 Å². The molecule has 54 valence electrons. The number of hydrogen-bond donors (Lipinski definition) is 2. The summed E-state index contributed by atoms with van der Waals surface area (Å²) in [6, 6.07) is -0.241. The first-order valence-corrected chi connectivity index (χ1v) is 3.09. The van der Waals surface area contributed by atoms with Crippen LogP contribution < -0.4 is 10.6 Å². The minimum Gasteiger partial charge on any atom is -0.289 e. The summed E-state index contributed by atoms with van der Waals surface area (Å²) < 4.78 is 0. The van der Waals surface area contributed by atoms with E-state index in [2.05, 4.69) is 24.8 Å². The van der Waals surface area contributed by atoms with Crippen molar-refractivity contribution in [3.8, 4) is 0 Å². The van der Waals surface area contributed by atoms with Crippen molar-refractivity contribution in [2.45, 2.75) is 13.0 Å². The van der Waals surface area contributed by atoms with E-state index in [9.17, 15) is 4.79 Å². The topological polar surface area (TPSA) is 50.4 Å². The molecule has 0 heterocycles. The number of amides is 1. The van der Waals surface area contributed by atoms with Gasteiger partial charge in [0.2, 0.25) is 0 Å². The molecule has 0 fully saturated rings. The highest BCUT2D eigenvalue weighted by molar-refractivity contribution is 7.13. The van der Waals surface area contributed by atoms with Crippen molar-refractivity contribution >= 4 is 15.3 Å². The number of nitrogens with one attached hydrogen (secondary N) is 2. The molecule has 0 aromatic carbocycles. The molecule has 0 aliphatic carbocycles. The van der Waals surface area contributed by atoms with E-state index in [1.807, 2.05) is 0 Å². The van der Waals surface area contributed by atoms with Crippen LogP contribution in [0.4, 0.5) is 0 Å². The first-order chi connectivity index (χ1) is 4.22. The van der Waals surface area contributed by atoms with Crippen LogP contribution >= 0.6 is 9.39 Å². The molecule has 4 nitrogen and oxygen atoms in total. The van der Waals surface area contributed by atoms with E-state index in [0.29, 0.717) is 0 Å². The second-order valence-electron chi connectivity index (χ2n) is 1.56. The summed E-state index contributed by atoms with van der Waals surface area (Å²) in [5, 5.41) is 2.67. The lowest BCUT2D eigenvalue weighted by Crippen LogP contribution is -2.37. The van der Waals surface area contributed by atoms with Crippen LogP contribution in [-0.2, 0) is 9.63 Å². The van der Waals surface area contributed by atoms with E-state index in [0.717, 1.165) is 0 Å². The summed E-state index contributed by atoms with van der Waals surface area (Å²) in [5.74, 6) is -0.187. The second-order valence-corrected chi connectivity index (χ2v) is 1.89. The number of rotatable bonds is 3. The van der Waals surface area contributed by atoms with Crippen LogP contribution in [0.15, 0.2) is 0 Å². The van der Waals surface area contributed by atoms with Crippen molar-refractivity contribution < 1.29 is 9.63 Å². The summed E-state index contributed by atoms with van der Waals surface area (Å²) >= 11 is 0. The van der Waals surface area contributed by atoms with Gasteiger partial charge in [-0.2, -0.15) is 0 Å². The largest absolute Gasteiger partial charge is 0.289 e. The molecule has 2 atom stereocenters. The maximum absolute atomic E-state index is 10.7. The van der Waals surface area contributed by atoms with E-state index in [-0.39, 0.29) is 11.9 Å². The molecule has 0 aliphatic heterocycles. The average Bonchev–Trinajstić information content (AvgIpc) is 1.87. The Kier molecular flexibility index (Phi) is 4.58. The van der Waals surface area contributed by atoms with E-state index < -0.39 is 0 Å². The Morgan fingerprint density at radius 3 is 2.67 bits per heavy atom. The Morgan fingerprint density at radius 2 is 2.33 bits per heavy atom. The lowest BCUT2D eigenvalue weighted by molar-refractivity contribution is -0.132. The van der Waals surface area contributed by atoms with Crippen LogP contribution in [0.3, 0.4) is 0 Å². The molecule has 2 unspecified atom stereocenters. The fourth-order valence-electron chi connectivity index (χ4n) is 0.265. The molecule has 0 aliphatic rings. The van der Waals surface area contributed by atoms with Crippen molar-refractivity contribution in [1.29, 1.82) is 0 Å². The maximum Gasteiger partial charge on any atom is 0.260 e. The van der Waals surface area contributed by atoms with Crippen LogP contribution in [0.1, 0.15) is 6.92 Å². The molecule has 0 aromatic heterocycles. The zero-order chi connectivity index (χ0) is 7.28. The van der Waals surface area contributed by atoms with Crippen molar-refractivity contribution in [3.63, 3.8) is 0 Å². The van der Waals surface area contributed by atoms with Gasteiger partial charge in [-0.3, -0.25) is 14.7 Å². The summed E-state index contributed by atoms with van der Waals surface area (Å²) in [7, 11) is 3.64. The number of hydroxylamine groups is 1. The minimum atomic E-state index is -0.241. The Hall–Kier alpha value is -0.180. The van der Waals surface area contributed by atoms with Gasteiger partial charge < -0.3 is 0 Å². The Morgan fingerprint density at radius 1 is 1.78 bits per heavy atom. The van der Waals surface area contributed by atoms with Gasteiger partial charge in [-0.05, 0) is 6.92 Å². The van der Waals surface area contributed by atoms with Gasteiger partial charge in [0.1, 0.15) is 0 Å². The smallest absolute Gasteiger partial charge is 0.260 e. The van der Waals surface area contributed by atoms with Crippen molar-refractivity contribution in [2.24, 2.45) is 0 Å². The van der Waals surface area contributed by atoms with Gasteiger partial charge in [-0.25, -0.2) is 5.48 Å². The molecule has 0 rings (SSSR count). The standard InChI is InChI=1S/C4H11N2O2P/c1-3(6-9)4(7)5-8-2/h3,6H,9H2,1-2H3,(H,5,7). The van der Waals surface area contributed by atoms with Gasteiger partial charge in [-0.1, -0.05) is 9.39 Å². The van der Waals surface area contributed by atoms with Gasteiger partial charge in [0.15, 0.2) is 0 Å². The summed E-state index contributed by atoms with van der Waals surface area (Å²) in [4.78, 5) is 15.0. The van der Waals surface area contributed by atoms with Crippen LogP contribution in [0.25, 0.3) is 0 Å². The minimum absolute atomic E-state index is 0.187. The number of hydrogen-bond acceptors (Lipinski definition) is 3. The normalized spacial score (nSPS) is 12.8. The van der Waals surface area contributed by atoms with Gasteiger partial charge >= 0.3 is 0 Å². The summed E-state index contributed by atoms with van der Waals surface area (Å²) in [5.41, 5.74) is 2.18. The SMILES string of the molecule is CONC(=O)C(C)NP. The highest BCUT2D eigenvalue weighted by atomic mass is 31.0. The molecule has 0 aromatic rings. The molecule has 1 amide bonds. The molecule has 5 heteroatoms. The van der Waals surface area contributed by atoms with Gasteiger partial charge in [0.25, 0.3) is 5.91 Å². The first-order valence-electron chi connectivity index (χ1n) is 2.51. The molecular weight excluding hydrogens is 139 g/mol. The fourth-order valence-corrected chi connectivity index (χ4v) is 0.416. The summed E-state index contributed by atoms with van der Waals surface area (Å²) in [6.07, 6.45) is 0. The second kappa shape index (κ2) is 4.68. The monoisotopic (exact) mass is 150 g/mol. The third-order valence-electron chi connectivity index (χ3n) is 0.846. The highest BCUT2D eigenvalue weighted by Gasteiger charge is 2.07. The predicted octanol–water partition coefficient (Wildman–Crippen LogP) is -0.568. The predicted molar refractivity (Wildman–Crippen MR) is 37.5 cm³/mol. The zero-order valence-electron chi connectivity index (χ0n) is 5.47. The zero-order valence-corrected chi connectivity index (χ0v) is 6.63. The molecular formula is C4H11N2O2P. The molecule has 0 saturated heterocycles. The average molecular weight is 150 g/mol. The van der Waals surface area contributed by atoms with Crippen molar-refractivity contribution in [3.05, 3.63) is 0 Å². The highest BCUT2D eigenvalue weighted by Crippen LogP contribution is 1.83. The maximum atomic E-state index is 10.7. The molecule has 9 heavy (non-hydrogen) atoms. The van der Waals surface area contributed by atoms with Gasteiger partial charge in [0, 0.05) is 0 Å². The Balaban J connectivity index is 3.46. The van der Waals surface area contributed by atoms with Crippen LogP contribution in [0.2, 0.25) is 0 Å². The van der Waals surface area contributed by atoms with Crippen molar-refractivity contribution in [2.75, 3.05) is 7.11 Å². The molecule has 2 N–H and O–H groups in total. The van der Waals surface area contributed by atoms with Crippen LogP contribution in [0.5, 0.6) is 0 Å². The van der Waals surface area contributed by atoms with Gasteiger partial charge in [-0.15, -0.1) is 0 Å². The fraction of sp³-hybridized carbons (Fsp3) is 0.750. The third-order valence-corrected chi connectivity index (χ3v) is 1.35. The first kappa shape index (κ1) is 8.82. The lowest BCUT2D eigenvalue weighted by Gasteiger charge is -2.07. The van der Waals surface area contributed by atoms with Gasteiger partial charge in [0.05, 0.1) is 13.2 Å². The Labute approximate surface area is 56.5 Å². The molecule has 0 bridgehead atoms. The molecule has 0 saturated carbocycles. The van der Waals surface area contributed by atoms with Crippen molar-refractivity contribution in [1.82, 2.24) is 10.6 Å². The van der Waals surface area contributed by atoms with Crippen LogP contribution in [-0.4, -0.2) is 19.1 Å². The molecule has 0 spiro atoms.